The lowest BCUT2D eigenvalue weighted by Crippen LogP contribution is -2.41. The van der Waals surface area contributed by atoms with E-state index in [1.165, 1.54) is 10.3 Å². The van der Waals surface area contributed by atoms with E-state index >= 15 is 0 Å². The van der Waals surface area contributed by atoms with Gasteiger partial charge in [0.05, 0.1) is 18.5 Å². The summed E-state index contributed by atoms with van der Waals surface area (Å²) in [5.41, 5.74) is 4.61. The molecule has 7 heteroatoms. The Kier molecular flexibility index (Phi) is 6.49. The number of aliphatic carboxylic acids is 1. The van der Waals surface area contributed by atoms with E-state index in [1.54, 1.807) is 11.3 Å². The van der Waals surface area contributed by atoms with E-state index in [1.807, 2.05) is 14.1 Å². The molecular weight excluding hydrogens is 386 g/mol. The van der Waals surface area contributed by atoms with Crippen molar-refractivity contribution < 1.29 is 19.3 Å². The molecule has 0 aliphatic rings. The molecule has 0 fully saturated rings. The van der Waals surface area contributed by atoms with E-state index in [0.717, 1.165) is 21.8 Å². The zero-order chi connectivity index (χ0) is 21.0. The molecule has 0 radical (unpaired) electrons. The van der Waals surface area contributed by atoms with Gasteiger partial charge in [-0.2, -0.15) is 4.57 Å². The highest BCUT2D eigenvalue weighted by molar-refractivity contribution is 7.21. The predicted molar refractivity (Wildman–Crippen MR) is 116 cm³/mol. The van der Waals surface area contributed by atoms with Gasteiger partial charge in [-0.05, 0) is 42.8 Å². The number of amides is 1. The molecule has 0 saturated carbocycles. The molecule has 2 N–H and O–H groups in total. The lowest BCUT2D eigenvalue weighted by Gasteiger charge is -2.11. The molecule has 152 valence electrons. The molecule has 0 aliphatic carbocycles. The van der Waals surface area contributed by atoms with Crippen molar-refractivity contribution in [3.8, 4) is 10.6 Å². The third kappa shape index (κ3) is 5.12. The first-order chi connectivity index (χ1) is 13.8. The third-order valence-electron chi connectivity index (χ3n) is 4.71. The number of hydrogen-bond acceptors (Lipinski definition) is 4. The number of rotatable bonds is 8. The van der Waals surface area contributed by atoms with Gasteiger partial charge in [0, 0.05) is 32.3 Å². The van der Waals surface area contributed by atoms with Crippen LogP contribution >= 0.6 is 11.3 Å². The second-order valence-electron chi connectivity index (χ2n) is 7.22. The summed E-state index contributed by atoms with van der Waals surface area (Å²) >= 11 is 1.74. The Morgan fingerprint density at radius 2 is 1.83 bits per heavy atom. The summed E-state index contributed by atoms with van der Waals surface area (Å²) in [4.78, 5) is 24.5. The average molecular weight is 413 g/mol. The maximum Gasteiger partial charge on any atom is 0.303 e. The number of fused-ring (bicyclic) bond motifs is 1. The normalized spacial score (nSPS) is 10.9. The number of carbonyl (C=O) groups excluding carboxylic acids is 1. The van der Waals surface area contributed by atoms with Crippen LogP contribution in [0.5, 0.6) is 0 Å². The van der Waals surface area contributed by atoms with Gasteiger partial charge in [-0.25, -0.2) is 0 Å². The summed E-state index contributed by atoms with van der Waals surface area (Å²) in [5, 5.41) is 12.7. The highest BCUT2D eigenvalue weighted by Gasteiger charge is 2.22. The number of aromatic nitrogens is 1. The Hall–Kier alpha value is -2.93. The van der Waals surface area contributed by atoms with Crippen molar-refractivity contribution in [3.63, 3.8) is 0 Å². The Morgan fingerprint density at radius 1 is 1.10 bits per heavy atom. The molecule has 3 aromatic rings. The average Bonchev–Trinajstić information content (AvgIpc) is 3.04. The molecule has 0 bridgehead atoms. The monoisotopic (exact) mass is 412 g/mol. The largest absolute Gasteiger partial charge is 0.481 e. The summed E-state index contributed by atoms with van der Waals surface area (Å²) in [6.07, 6.45) is -0.147. The van der Waals surface area contributed by atoms with Crippen LogP contribution in [0.25, 0.3) is 20.8 Å². The van der Waals surface area contributed by atoms with Gasteiger partial charge >= 0.3 is 5.97 Å². The minimum absolute atomic E-state index is 0.00241. The summed E-state index contributed by atoms with van der Waals surface area (Å²) in [6, 6.07) is 14.8. The number of carboxylic acid groups (broad SMARTS) is 1. The van der Waals surface area contributed by atoms with Crippen molar-refractivity contribution >= 4 is 39.1 Å². The second-order valence-corrected chi connectivity index (χ2v) is 8.25. The zero-order valence-corrected chi connectivity index (χ0v) is 17.8. The molecule has 29 heavy (non-hydrogen) atoms. The molecule has 6 nitrogen and oxygen atoms in total. The molecule has 0 unspecified atom stereocenters. The van der Waals surface area contributed by atoms with E-state index in [2.05, 4.69) is 64.2 Å². The van der Waals surface area contributed by atoms with Gasteiger partial charge in [-0.3, -0.25) is 9.59 Å². The van der Waals surface area contributed by atoms with Gasteiger partial charge in [-0.1, -0.05) is 17.4 Å². The first-order valence-electron chi connectivity index (χ1n) is 9.54. The number of nitrogens with zero attached hydrogens (tertiary/aromatic N) is 2. The highest BCUT2D eigenvalue weighted by atomic mass is 32.1. The van der Waals surface area contributed by atoms with Crippen LogP contribution in [-0.2, 0) is 16.1 Å². The first-order valence-corrected chi connectivity index (χ1v) is 10.4. The molecule has 0 spiro atoms. The van der Waals surface area contributed by atoms with Crippen LogP contribution in [0.4, 0.5) is 5.69 Å². The minimum atomic E-state index is -0.961. The first kappa shape index (κ1) is 20.8. The van der Waals surface area contributed by atoms with Crippen molar-refractivity contribution in [2.75, 3.05) is 25.5 Å². The molecule has 0 aliphatic heterocycles. The number of nitrogens with one attached hydrogen (secondary N) is 1. The maximum atomic E-state index is 11.9. The lowest BCUT2D eigenvalue weighted by molar-refractivity contribution is -0.654. The standard InChI is InChI=1S/C22H25N3O3S/c1-15-4-9-18-19(14-15)29-22(16-5-7-17(8-6-16)24(2)3)25(18)13-12-23-20(26)10-11-21(27)28/h4-9,14H,10-13H2,1-3H3,(H-,23,26,27,28)/p+1. The molecule has 3 rings (SSSR count). The Balaban J connectivity index is 1.85. The summed E-state index contributed by atoms with van der Waals surface area (Å²) in [5.74, 6) is -1.20. The van der Waals surface area contributed by atoms with E-state index in [0.29, 0.717) is 13.1 Å². The van der Waals surface area contributed by atoms with Crippen molar-refractivity contribution in [1.82, 2.24) is 5.32 Å². The molecule has 2 aromatic carbocycles. The van der Waals surface area contributed by atoms with Crippen LogP contribution in [0, 0.1) is 6.92 Å². The van der Waals surface area contributed by atoms with Crippen LogP contribution in [0.3, 0.4) is 0 Å². The van der Waals surface area contributed by atoms with Crippen molar-refractivity contribution in [2.24, 2.45) is 0 Å². The number of carbonyl (C=O) groups is 2. The number of anilines is 1. The van der Waals surface area contributed by atoms with Crippen LogP contribution in [-0.4, -0.2) is 37.6 Å². The molecule has 1 heterocycles. The number of carboxylic acids is 1. The summed E-state index contributed by atoms with van der Waals surface area (Å²) in [6.45, 7) is 3.15. The molecule has 0 atom stereocenters. The van der Waals surface area contributed by atoms with Gasteiger partial charge in [0.1, 0.15) is 4.70 Å². The summed E-state index contributed by atoms with van der Waals surface area (Å²) in [7, 11) is 4.04. The van der Waals surface area contributed by atoms with E-state index in [4.69, 9.17) is 5.11 Å². The fraction of sp³-hybridized carbons (Fsp3) is 0.318. The van der Waals surface area contributed by atoms with Gasteiger partial charge in [0.25, 0.3) is 5.01 Å². The number of aryl methyl sites for hydroxylation is 1. The Bertz CT molecular complexity index is 1030. The Morgan fingerprint density at radius 3 is 2.48 bits per heavy atom. The third-order valence-corrected chi connectivity index (χ3v) is 5.91. The molecular formula is C22H26N3O3S+. The minimum Gasteiger partial charge on any atom is -0.481 e. The number of hydrogen-bond donors (Lipinski definition) is 2. The quantitative estimate of drug-likeness (QED) is 0.557. The number of benzene rings is 2. The van der Waals surface area contributed by atoms with Crippen LogP contribution in [0.2, 0.25) is 0 Å². The Labute approximate surface area is 174 Å². The van der Waals surface area contributed by atoms with Crippen molar-refractivity contribution in [1.29, 1.82) is 0 Å². The second kappa shape index (κ2) is 9.05. The molecule has 1 aromatic heterocycles. The van der Waals surface area contributed by atoms with E-state index in [-0.39, 0.29) is 18.7 Å². The molecule has 1 amide bonds. The van der Waals surface area contributed by atoms with Crippen molar-refractivity contribution in [3.05, 3.63) is 48.0 Å². The van der Waals surface area contributed by atoms with Gasteiger partial charge < -0.3 is 15.3 Å². The smallest absolute Gasteiger partial charge is 0.303 e. The highest BCUT2D eigenvalue weighted by Crippen LogP contribution is 2.30. The lowest BCUT2D eigenvalue weighted by atomic mass is 10.2. The summed E-state index contributed by atoms with van der Waals surface area (Å²) < 4.78 is 3.43. The van der Waals surface area contributed by atoms with Crippen LogP contribution in [0.1, 0.15) is 18.4 Å². The van der Waals surface area contributed by atoms with E-state index < -0.39 is 5.97 Å². The van der Waals surface area contributed by atoms with Crippen molar-refractivity contribution in [2.45, 2.75) is 26.3 Å². The fourth-order valence-electron chi connectivity index (χ4n) is 3.15. The van der Waals surface area contributed by atoms with Gasteiger partial charge in [-0.15, -0.1) is 0 Å². The van der Waals surface area contributed by atoms with Gasteiger partial charge in [0.15, 0.2) is 6.54 Å². The van der Waals surface area contributed by atoms with Gasteiger partial charge in [0.2, 0.25) is 11.4 Å². The predicted octanol–water partition coefficient (Wildman–Crippen LogP) is 3.21. The maximum absolute atomic E-state index is 11.9. The fourth-order valence-corrected chi connectivity index (χ4v) is 4.44. The zero-order valence-electron chi connectivity index (χ0n) is 16.9. The topological polar surface area (TPSA) is 73.5 Å². The SMILES string of the molecule is Cc1ccc2c(c1)sc(-c1ccc(N(C)C)cc1)[n+]2CCNC(=O)CCC(=O)O. The number of thiazole rings is 1. The van der Waals surface area contributed by atoms with Crippen LogP contribution < -0.4 is 14.8 Å². The van der Waals surface area contributed by atoms with E-state index in [9.17, 15) is 9.59 Å². The van der Waals surface area contributed by atoms with Crippen LogP contribution in [0.15, 0.2) is 42.5 Å². The molecule has 0 saturated heterocycles.